The van der Waals surface area contributed by atoms with E-state index in [2.05, 4.69) is 10.3 Å². The van der Waals surface area contributed by atoms with E-state index in [1.807, 2.05) is 9.80 Å². The largest absolute Gasteiger partial charge is 0.367 e. The fraction of sp³-hybridized carbons (Fsp3) is 0.625. The van der Waals surface area contributed by atoms with Crippen LogP contribution in [-0.4, -0.2) is 58.9 Å². The number of urea groups is 1. The molecule has 0 aromatic carbocycles. The molecular weight excluding hydrogens is 280 g/mol. The van der Waals surface area contributed by atoms with Crippen molar-refractivity contribution < 1.29 is 9.59 Å². The fourth-order valence-corrected chi connectivity index (χ4v) is 3.26. The molecule has 0 spiro atoms. The maximum absolute atomic E-state index is 12.3. The molecule has 3 amide bonds. The third-order valence-electron chi connectivity index (χ3n) is 4.63. The maximum atomic E-state index is 12.3. The number of rotatable bonds is 2. The Morgan fingerprint density at radius 1 is 1.05 bits per heavy atom. The summed E-state index contributed by atoms with van der Waals surface area (Å²) >= 11 is 0. The highest BCUT2D eigenvalue weighted by molar-refractivity contribution is 5.94. The van der Waals surface area contributed by atoms with Crippen LogP contribution in [0, 0.1) is 0 Å². The SMILES string of the molecule is O=C(NC1CCCCC1)N1CCN(C(=O)c2cc[nH]c2)CC1. The van der Waals surface area contributed by atoms with Crippen molar-refractivity contribution >= 4 is 11.9 Å². The zero-order chi connectivity index (χ0) is 15.4. The fourth-order valence-electron chi connectivity index (χ4n) is 3.26. The summed E-state index contributed by atoms with van der Waals surface area (Å²) in [6.07, 6.45) is 9.36. The normalized spacial score (nSPS) is 20.0. The van der Waals surface area contributed by atoms with Crippen LogP contribution in [0.15, 0.2) is 18.5 Å². The van der Waals surface area contributed by atoms with E-state index in [0.29, 0.717) is 37.8 Å². The van der Waals surface area contributed by atoms with Crippen molar-refractivity contribution in [2.75, 3.05) is 26.2 Å². The smallest absolute Gasteiger partial charge is 0.317 e. The quantitative estimate of drug-likeness (QED) is 0.875. The number of nitrogens with one attached hydrogen (secondary N) is 2. The summed E-state index contributed by atoms with van der Waals surface area (Å²) in [6, 6.07) is 2.14. The molecule has 1 aliphatic carbocycles. The van der Waals surface area contributed by atoms with Crippen LogP contribution in [0.5, 0.6) is 0 Å². The summed E-state index contributed by atoms with van der Waals surface area (Å²) in [4.78, 5) is 31.1. The van der Waals surface area contributed by atoms with Gasteiger partial charge in [0.2, 0.25) is 0 Å². The second kappa shape index (κ2) is 6.85. The Labute approximate surface area is 130 Å². The average Bonchev–Trinajstić information content (AvgIpc) is 3.10. The minimum absolute atomic E-state index is 0.0284. The highest BCUT2D eigenvalue weighted by Crippen LogP contribution is 2.18. The van der Waals surface area contributed by atoms with E-state index in [9.17, 15) is 9.59 Å². The maximum Gasteiger partial charge on any atom is 0.317 e. The van der Waals surface area contributed by atoms with Crippen molar-refractivity contribution in [3.05, 3.63) is 24.0 Å². The molecule has 1 aromatic heterocycles. The van der Waals surface area contributed by atoms with Crippen LogP contribution in [0.3, 0.4) is 0 Å². The minimum Gasteiger partial charge on any atom is -0.367 e. The van der Waals surface area contributed by atoms with Gasteiger partial charge >= 0.3 is 6.03 Å². The average molecular weight is 304 g/mol. The molecule has 1 saturated heterocycles. The Kier molecular flexibility index (Phi) is 4.65. The molecule has 6 heteroatoms. The number of hydrogen-bond donors (Lipinski definition) is 2. The van der Waals surface area contributed by atoms with Gasteiger partial charge in [-0.25, -0.2) is 4.79 Å². The first kappa shape index (κ1) is 14.9. The zero-order valence-corrected chi connectivity index (χ0v) is 12.9. The Morgan fingerprint density at radius 2 is 1.73 bits per heavy atom. The van der Waals surface area contributed by atoms with Crippen molar-refractivity contribution in [3.8, 4) is 0 Å². The predicted octanol–water partition coefficient (Wildman–Crippen LogP) is 1.81. The molecule has 120 valence electrons. The number of hydrogen-bond acceptors (Lipinski definition) is 2. The zero-order valence-electron chi connectivity index (χ0n) is 12.9. The number of aromatic amines is 1. The molecule has 1 aromatic rings. The summed E-state index contributed by atoms with van der Waals surface area (Å²) < 4.78 is 0. The van der Waals surface area contributed by atoms with E-state index >= 15 is 0 Å². The molecule has 1 aliphatic heterocycles. The van der Waals surface area contributed by atoms with Crippen LogP contribution in [0.25, 0.3) is 0 Å². The van der Waals surface area contributed by atoms with Crippen molar-refractivity contribution in [1.29, 1.82) is 0 Å². The summed E-state index contributed by atoms with van der Waals surface area (Å²) in [5.41, 5.74) is 0.681. The van der Waals surface area contributed by atoms with Gasteiger partial charge in [-0.2, -0.15) is 0 Å². The third-order valence-corrected chi connectivity index (χ3v) is 4.63. The molecule has 0 unspecified atom stereocenters. The number of carbonyl (C=O) groups is 2. The number of amides is 3. The summed E-state index contributed by atoms with van der Waals surface area (Å²) in [5.74, 6) is 0.0357. The number of nitrogens with zero attached hydrogens (tertiary/aromatic N) is 2. The molecule has 2 fully saturated rings. The molecule has 22 heavy (non-hydrogen) atoms. The van der Waals surface area contributed by atoms with Gasteiger partial charge in [0.15, 0.2) is 0 Å². The summed E-state index contributed by atoms with van der Waals surface area (Å²) in [6.45, 7) is 2.41. The Bertz CT molecular complexity index is 500. The lowest BCUT2D eigenvalue weighted by molar-refractivity contribution is 0.0662. The van der Waals surface area contributed by atoms with E-state index in [0.717, 1.165) is 12.8 Å². The van der Waals surface area contributed by atoms with Crippen LogP contribution in [0.2, 0.25) is 0 Å². The molecular formula is C16H24N4O2. The van der Waals surface area contributed by atoms with Crippen LogP contribution in [-0.2, 0) is 0 Å². The topological polar surface area (TPSA) is 68.4 Å². The Morgan fingerprint density at radius 3 is 2.36 bits per heavy atom. The van der Waals surface area contributed by atoms with Gasteiger partial charge in [-0.05, 0) is 18.9 Å². The van der Waals surface area contributed by atoms with Crippen LogP contribution >= 0.6 is 0 Å². The highest BCUT2D eigenvalue weighted by atomic mass is 16.2. The first-order valence-corrected chi connectivity index (χ1v) is 8.21. The van der Waals surface area contributed by atoms with Gasteiger partial charge < -0.3 is 20.1 Å². The summed E-state index contributed by atoms with van der Waals surface area (Å²) in [5, 5.41) is 3.14. The van der Waals surface area contributed by atoms with Gasteiger partial charge in [0, 0.05) is 44.6 Å². The van der Waals surface area contributed by atoms with Gasteiger partial charge in [-0.3, -0.25) is 4.79 Å². The monoisotopic (exact) mass is 304 g/mol. The van der Waals surface area contributed by atoms with Crippen molar-refractivity contribution in [2.24, 2.45) is 0 Å². The number of piperazine rings is 1. The highest BCUT2D eigenvalue weighted by Gasteiger charge is 2.26. The van der Waals surface area contributed by atoms with Crippen LogP contribution < -0.4 is 5.32 Å². The molecule has 2 aliphatic rings. The van der Waals surface area contributed by atoms with E-state index in [1.165, 1.54) is 19.3 Å². The number of carbonyl (C=O) groups excluding carboxylic acids is 2. The van der Waals surface area contributed by atoms with Crippen molar-refractivity contribution in [3.63, 3.8) is 0 Å². The minimum atomic E-state index is 0.0284. The van der Waals surface area contributed by atoms with Crippen molar-refractivity contribution in [2.45, 2.75) is 38.1 Å². The van der Waals surface area contributed by atoms with Gasteiger partial charge in [0.05, 0.1) is 5.56 Å². The molecule has 2 N–H and O–H groups in total. The van der Waals surface area contributed by atoms with Gasteiger partial charge in [0.1, 0.15) is 0 Å². The van der Waals surface area contributed by atoms with Crippen molar-refractivity contribution in [1.82, 2.24) is 20.1 Å². The first-order valence-electron chi connectivity index (χ1n) is 8.21. The van der Waals surface area contributed by atoms with E-state index in [4.69, 9.17) is 0 Å². The third kappa shape index (κ3) is 3.43. The molecule has 1 saturated carbocycles. The lowest BCUT2D eigenvalue weighted by Gasteiger charge is -2.36. The van der Waals surface area contributed by atoms with Gasteiger partial charge in [0.25, 0.3) is 5.91 Å². The summed E-state index contributed by atoms with van der Waals surface area (Å²) in [7, 11) is 0. The van der Waals surface area contributed by atoms with E-state index in [-0.39, 0.29) is 11.9 Å². The predicted molar refractivity (Wildman–Crippen MR) is 83.7 cm³/mol. The molecule has 6 nitrogen and oxygen atoms in total. The molecule has 0 bridgehead atoms. The molecule has 0 radical (unpaired) electrons. The standard InChI is InChI=1S/C16H24N4O2/c21-15(13-6-7-17-12-13)19-8-10-20(11-9-19)16(22)18-14-4-2-1-3-5-14/h6-7,12,14,17H,1-5,8-11H2,(H,18,22). The molecule has 2 heterocycles. The van der Waals surface area contributed by atoms with Crippen LogP contribution in [0.1, 0.15) is 42.5 Å². The Balaban J connectivity index is 1.46. The Hall–Kier alpha value is -1.98. The lowest BCUT2D eigenvalue weighted by Crippen LogP contribution is -2.54. The molecule has 0 atom stereocenters. The second-order valence-electron chi connectivity index (χ2n) is 6.16. The second-order valence-corrected chi connectivity index (χ2v) is 6.16. The van der Waals surface area contributed by atoms with Crippen LogP contribution in [0.4, 0.5) is 4.79 Å². The van der Waals surface area contributed by atoms with Gasteiger partial charge in [-0.1, -0.05) is 19.3 Å². The number of H-pyrrole nitrogens is 1. The van der Waals surface area contributed by atoms with E-state index < -0.39 is 0 Å². The lowest BCUT2D eigenvalue weighted by atomic mass is 9.96. The van der Waals surface area contributed by atoms with E-state index in [1.54, 1.807) is 18.5 Å². The first-order chi connectivity index (χ1) is 10.7. The van der Waals surface area contributed by atoms with Gasteiger partial charge in [-0.15, -0.1) is 0 Å². The number of aromatic nitrogens is 1. The molecule has 3 rings (SSSR count).